The van der Waals surface area contributed by atoms with Crippen LogP contribution in [0.2, 0.25) is 0 Å². The number of hydrogen-bond acceptors (Lipinski definition) is 2. The van der Waals surface area contributed by atoms with Gasteiger partial charge in [0.05, 0.1) is 6.61 Å². The zero-order valence-electron chi connectivity index (χ0n) is 8.69. The molecule has 0 aromatic rings. The van der Waals surface area contributed by atoms with Gasteiger partial charge >= 0.3 is 59.2 Å². The van der Waals surface area contributed by atoms with Gasteiger partial charge in [0.2, 0.25) is 0 Å². The van der Waals surface area contributed by atoms with E-state index in [2.05, 4.69) is 11.4 Å². The van der Waals surface area contributed by atoms with Crippen LogP contribution in [0.5, 0.6) is 0 Å². The van der Waals surface area contributed by atoms with E-state index in [1.807, 2.05) is 0 Å². The minimum absolute atomic E-state index is 0. The summed E-state index contributed by atoms with van der Waals surface area (Å²) in [5.74, 6) is 0. The second-order valence-corrected chi connectivity index (χ2v) is 3.62. The van der Waals surface area contributed by atoms with E-state index in [0.717, 1.165) is 25.7 Å². The number of phosphoric ester groups is 1. The molecule has 4 nitrogen and oxygen atoms in total. The smallest absolute Gasteiger partial charge is 1.00 e. The molecule has 0 aliphatic heterocycles. The molecular weight excluding hydrogens is 206 g/mol. The molecule has 0 radical (unpaired) electrons. The summed E-state index contributed by atoms with van der Waals surface area (Å²) >= 11 is 0. The fraction of sp³-hybridized carbons (Fsp3) is 1.00. The molecule has 0 amide bonds. The van der Waals surface area contributed by atoms with Crippen LogP contribution in [0, 0.1) is 0 Å². The first-order chi connectivity index (χ1) is 5.06. The maximum Gasteiger partial charge on any atom is 1.00 e. The molecule has 12 heavy (non-hydrogen) atoms. The first kappa shape index (κ1) is 16.2. The molecule has 0 aromatic heterocycles. The molecule has 2 N–H and O–H groups in total. The van der Waals surface area contributed by atoms with E-state index in [4.69, 9.17) is 9.79 Å². The van der Waals surface area contributed by atoms with Crippen LogP contribution < -0.4 is 51.4 Å². The molecule has 70 valence electrons. The van der Waals surface area contributed by atoms with Crippen LogP contribution in [0.15, 0.2) is 0 Å². The van der Waals surface area contributed by atoms with Crippen molar-refractivity contribution in [2.24, 2.45) is 0 Å². The summed E-state index contributed by atoms with van der Waals surface area (Å²) in [6.07, 6.45) is 3.88. The van der Waals surface area contributed by atoms with Crippen molar-refractivity contribution in [1.29, 1.82) is 0 Å². The first-order valence-electron chi connectivity index (χ1n) is 3.76. The first-order valence-corrected chi connectivity index (χ1v) is 5.29. The summed E-state index contributed by atoms with van der Waals surface area (Å²) in [6.45, 7) is 2.23. The SMILES string of the molecule is CCCCCCOP(=O)(O)O.[H-].[K+]. The third-order valence-corrected chi connectivity index (χ3v) is 1.78. The maximum atomic E-state index is 10.1. The summed E-state index contributed by atoms with van der Waals surface area (Å²) in [5, 5.41) is 0. The van der Waals surface area contributed by atoms with E-state index in [1.165, 1.54) is 0 Å². The van der Waals surface area contributed by atoms with Crippen molar-refractivity contribution in [2.45, 2.75) is 32.6 Å². The van der Waals surface area contributed by atoms with Gasteiger partial charge in [0.1, 0.15) is 0 Å². The summed E-state index contributed by atoms with van der Waals surface area (Å²) < 4.78 is 14.4. The van der Waals surface area contributed by atoms with Gasteiger partial charge in [0, 0.05) is 0 Å². The van der Waals surface area contributed by atoms with Crippen molar-refractivity contribution in [3.05, 3.63) is 0 Å². The van der Waals surface area contributed by atoms with E-state index in [1.54, 1.807) is 0 Å². The van der Waals surface area contributed by atoms with Gasteiger partial charge < -0.3 is 11.2 Å². The van der Waals surface area contributed by atoms with Gasteiger partial charge in [-0.05, 0) is 6.42 Å². The number of rotatable bonds is 6. The maximum absolute atomic E-state index is 10.1. The summed E-state index contributed by atoms with van der Waals surface area (Å²) in [5.41, 5.74) is 0. The summed E-state index contributed by atoms with van der Waals surface area (Å²) in [4.78, 5) is 16.5. The minimum Gasteiger partial charge on any atom is -1.00 e. The van der Waals surface area contributed by atoms with Crippen molar-refractivity contribution in [1.82, 2.24) is 0 Å². The molecule has 0 heterocycles. The molecular formula is C6H16KO4P. The van der Waals surface area contributed by atoms with E-state index in [9.17, 15) is 4.57 Å². The van der Waals surface area contributed by atoms with Crippen LogP contribution in [-0.2, 0) is 9.09 Å². The molecule has 0 unspecified atom stereocenters. The van der Waals surface area contributed by atoms with Crippen LogP contribution in [0.1, 0.15) is 34.0 Å². The van der Waals surface area contributed by atoms with E-state index < -0.39 is 7.82 Å². The van der Waals surface area contributed by atoms with Crippen molar-refractivity contribution in [3.63, 3.8) is 0 Å². The van der Waals surface area contributed by atoms with Crippen LogP contribution in [0.4, 0.5) is 0 Å². The van der Waals surface area contributed by atoms with Crippen molar-refractivity contribution >= 4 is 7.82 Å². The van der Waals surface area contributed by atoms with Gasteiger partial charge in [0.25, 0.3) is 0 Å². The van der Waals surface area contributed by atoms with Crippen molar-refractivity contribution in [2.75, 3.05) is 6.61 Å². The Labute approximate surface area is 117 Å². The Morgan fingerprint density at radius 1 is 1.33 bits per heavy atom. The normalized spacial score (nSPS) is 10.9. The third kappa shape index (κ3) is 14.3. The van der Waals surface area contributed by atoms with Gasteiger partial charge in [-0.3, -0.25) is 4.52 Å². The average Bonchev–Trinajstić information content (AvgIpc) is 1.85. The molecule has 0 rings (SSSR count). The average molecular weight is 222 g/mol. The van der Waals surface area contributed by atoms with Crippen molar-refractivity contribution < 1.29 is 71.7 Å². The van der Waals surface area contributed by atoms with Gasteiger partial charge in [-0.25, -0.2) is 4.57 Å². The largest absolute Gasteiger partial charge is 1.00 e. The topological polar surface area (TPSA) is 66.8 Å². The Morgan fingerprint density at radius 2 is 1.92 bits per heavy atom. The van der Waals surface area contributed by atoms with E-state index in [0.29, 0.717) is 0 Å². The molecule has 0 atom stereocenters. The Bertz CT molecular complexity index is 141. The fourth-order valence-electron chi connectivity index (χ4n) is 0.712. The Balaban J connectivity index is -0.000000500. The zero-order valence-corrected chi connectivity index (χ0v) is 11.7. The Hall–Kier alpha value is 1.75. The number of phosphoric acid groups is 1. The predicted molar refractivity (Wildman–Crippen MR) is 43.3 cm³/mol. The molecule has 0 aliphatic carbocycles. The second kappa shape index (κ2) is 9.31. The quantitative estimate of drug-likeness (QED) is 0.336. The zero-order chi connectivity index (χ0) is 8.74. The second-order valence-electron chi connectivity index (χ2n) is 2.38. The van der Waals surface area contributed by atoms with Crippen molar-refractivity contribution in [3.8, 4) is 0 Å². The van der Waals surface area contributed by atoms with Crippen LogP contribution in [0.25, 0.3) is 0 Å². The van der Waals surface area contributed by atoms with Gasteiger partial charge in [-0.2, -0.15) is 0 Å². The fourth-order valence-corrected chi connectivity index (χ4v) is 1.08. The minimum atomic E-state index is -4.21. The molecule has 0 bridgehead atoms. The Morgan fingerprint density at radius 3 is 2.33 bits per heavy atom. The molecule has 0 saturated carbocycles. The third-order valence-electron chi connectivity index (χ3n) is 1.26. The summed E-state index contributed by atoms with van der Waals surface area (Å²) in [6, 6.07) is 0. The van der Waals surface area contributed by atoms with Crippen LogP contribution >= 0.6 is 7.82 Å². The molecule has 6 heteroatoms. The van der Waals surface area contributed by atoms with Crippen LogP contribution in [-0.4, -0.2) is 16.4 Å². The van der Waals surface area contributed by atoms with Gasteiger partial charge in [-0.15, -0.1) is 0 Å². The summed E-state index contributed by atoms with van der Waals surface area (Å²) in [7, 11) is -4.21. The van der Waals surface area contributed by atoms with E-state index >= 15 is 0 Å². The standard InChI is InChI=1S/C6H15O4P.K.H/c1-2-3-4-5-6-10-11(7,8)9;;/h2-6H2,1H3,(H2,7,8,9);;/q;+1;-1. The van der Waals surface area contributed by atoms with Gasteiger partial charge in [0.15, 0.2) is 0 Å². The predicted octanol–water partition coefficient (Wildman–Crippen LogP) is -1.21. The molecule has 0 saturated heterocycles. The molecule has 0 aliphatic rings. The number of hydrogen-bond donors (Lipinski definition) is 2. The van der Waals surface area contributed by atoms with Gasteiger partial charge in [-0.1, -0.05) is 26.2 Å². The Kier molecular flexibility index (Phi) is 12.6. The monoisotopic (exact) mass is 222 g/mol. The molecule has 0 aromatic carbocycles. The molecule has 0 fully saturated rings. The van der Waals surface area contributed by atoms with E-state index in [-0.39, 0.29) is 59.4 Å². The molecule has 0 spiro atoms. The number of unbranched alkanes of at least 4 members (excludes halogenated alkanes) is 3. The van der Waals surface area contributed by atoms with Crippen LogP contribution in [0.3, 0.4) is 0 Å².